The molecule has 0 spiro atoms. The van der Waals surface area contributed by atoms with Crippen LogP contribution in [-0.2, 0) is 24.7 Å². The van der Waals surface area contributed by atoms with Crippen molar-refractivity contribution >= 4 is 98.0 Å². The Morgan fingerprint density at radius 1 is 0.174 bits per heavy atom. The van der Waals surface area contributed by atoms with Crippen molar-refractivity contribution in [3.8, 4) is 0 Å². The van der Waals surface area contributed by atoms with E-state index in [-0.39, 0.29) is 0 Å². The molecule has 0 saturated carbocycles. The molecule has 12 heteroatoms. The molecular formula is C57H54O6Si6. The maximum Gasteiger partial charge on any atom is 0.390 e. The van der Waals surface area contributed by atoms with Crippen LogP contribution < -0.4 is 46.7 Å². The highest BCUT2D eigenvalue weighted by atomic mass is 28.5. The van der Waals surface area contributed by atoms with Gasteiger partial charge >= 0.3 is 51.4 Å². The summed E-state index contributed by atoms with van der Waals surface area (Å²) in [5.74, 6) is 0. The molecule has 0 bridgehead atoms. The topological polar surface area (TPSA) is 55.4 Å². The van der Waals surface area contributed by atoms with Crippen molar-refractivity contribution in [1.82, 2.24) is 0 Å². The Morgan fingerprint density at radius 3 is 0.449 bits per heavy atom. The highest BCUT2D eigenvalue weighted by Gasteiger charge is 2.67. The van der Waals surface area contributed by atoms with Gasteiger partial charge in [-0.25, -0.2) is 0 Å². The van der Waals surface area contributed by atoms with Gasteiger partial charge in [0.25, 0.3) is 0 Å². The summed E-state index contributed by atoms with van der Waals surface area (Å²) in [5, 5.41) is 9.82. The molecule has 69 heavy (non-hydrogen) atoms. The van der Waals surface area contributed by atoms with Gasteiger partial charge in [-0.15, -0.1) is 0 Å². The van der Waals surface area contributed by atoms with Crippen LogP contribution in [0.4, 0.5) is 0 Å². The lowest BCUT2D eigenvalue weighted by atomic mass is 10.4. The second kappa shape index (κ2) is 19.8. The Morgan fingerprint density at radius 2 is 0.304 bits per heavy atom. The summed E-state index contributed by atoms with van der Waals surface area (Å²) in [4.78, 5) is 0. The predicted molar refractivity (Wildman–Crippen MR) is 293 cm³/mol. The third-order valence-corrected chi connectivity index (χ3v) is 39.8. The van der Waals surface area contributed by atoms with Crippen LogP contribution in [0.3, 0.4) is 0 Å². The van der Waals surface area contributed by atoms with Crippen molar-refractivity contribution in [2.75, 3.05) is 0 Å². The van der Waals surface area contributed by atoms with Crippen molar-refractivity contribution in [2.45, 2.75) is 19.6 Å². The lowest BCUT2D eigenvalue weighted by Crippen LogP contribution is -2.88. The molecule has 2 fully saturated rings. The van der Waals surface area contributed by atoms with E-state index in [0.717, 1.165) is 46.7 Å². The molecule has 2 aliphatic rings. The van der Waals surface area contributed by atoms with E-state index in [1.165, 1.54) is 0 Å². The van der Waals surface area contributed by atoms with E-state index in [9.17, 15) is 0 Å². The lowest BCUT2D eigenvalue weighted by Gasteiger charge is -2.53. The first-order chi connectivity index (χ1) is 33.7. The second-order valence-corrected chi connectivity index (χ2v) is 37.1. The lowest BCUT2D eigenvalue weighted by molar-refractivity contribution is 0.253. The molecule has 0 radical (unpaired) electrons. The quantitative estimate of drug-likeness (QED) is 0.149. The van der Waals surface area contributed by atoms with Crippen LogP contribution >= 0.6 is 0 Å². The summed E-state index contributed by atoms with van der Waals surface area (Å²) < 4.78 is 43.8. The van der Waals surface area contributed by atoms with E-state index in [2.05, 4.69) is 238 Å². The fraction of sp³-hybridized carbons (Fsp3) is 0.0526. The van der Waals surface area contributed by atoms with Crippen molar-refractivity contribution in [3.63, 3.8) is 0 Å². The highest BCUT2D eigenvalue weighted by molar-refractivity contribution is 7.16. The maximum atomic E-state index is 7.77. The Labute approximate surface area is 412 Å². The van der Waals surface area contributed by atoms with E-state index in [1.54, 1.807) is 0 Å². The van der Waals surface area contributed by atoms with Gasteiger partial charge in [-0.05, 0) is 66.3 Å². The van der Waals surface area contributed by atoms with Crippen LogP contribution in [0.2, 0.25) is 19.6 Å². The van der Waals surface area contributed by atoms with Crippen molar-refractivity contribution in [3.05, 3.63) is 273 Å². The third-order valence-electron chi connectivity index (χ3n) is 12.8. The zero-order chi connectivity index (χ0) is 47.3. The van der Waals surface area contributed by atoms with Gasteiger partial charge in [-0.3, -0.25) is 0 Å². The van der Waals surface area contributed by atoms with Crippen LogP contribution in [0.1, 0.15) is 0 Å². The van der Waals surface area contributed by atoms with Crippen LogP contribution in [0.15, 0.2) is 273 Å². The fourth-order valence-electron chi connectivity index (χ4n) is 9.58. The Hall–Kier alpha value is -5.96. The molecule has 0 amide bonds. The van der Waals surface area contributed by atoms with Gasteiger partial charge in [0, 0.05) is 0 Å². The van der Waals surface area contributed by atoms with Gasteiger partial charge < -0.3 is 24.7 Å². The normalized spacial score (nSPS) is 22.3. The predicted octanol–water partition coefficient (Wildman–Crippen LogP) is 6.81. The van der Waals surface area contributed by atoms with Gasteiger partial charge in [0.2, 0.25) is 0 Å². The zero-order valence-electron chi connectivity index (χ0n) is 38.9. The summed E-state index contributed by atoms with van der Waals surface area (Å²) in [6, 6.07) is 94.4. The van der Waals surface area contributed by atoms with Gasteiger partial charge in [0.1, 0.15) is 0 Å². The van der Waals surface area contributed by atoms with Gasteiger partial charge in [0.05, 0.1) is 0 Å². The molecular weight excluding hydrogens is 949 g/mol. The number of hydrogen-bond acceptors (Lipinski definition) is 6. The van der Waals surface area contributed by atoms with Crippen LogP contribution in [0, 0.1) is 0 Å². The molecule has 2 aliphatic heterocycles. The average molecular weight is 1000 g/mol. The van der Waals surface area contributed by atoms with Crippen LogP contribution in [0.25, 0.3) is 0 Å². The van der Waals surface area contributed by atoms with Crippen LogP contribution in [0.5, 0.6) is 0 Å². The molecule has 6 nitrogen and oxygen atoms in total. The molecule has 0 atom stereocenters. The monoisotopic (exact) mass is 1000 g/mol. The minimum absolute atomic E-state index is 1.06. The number of hydrogen-bond donors (Lipinski definition) is 0. The fourth-order valence-corrected chi connectivity index (χ4v) is 42.3. The second-order valence-electron chi connectivity index (χ2n) is 17.6. The summed E-state index contributed by atoms with van der Waals surface area (Å²) in [5.41, 5.74) is 0. The molecule has 0 unspecified atom stereocenters. The Bertz CT molecular complexity index is 2570. The minimum Gasteiger partial charge on any atom is -0.409 e. The highest BCUT2D eigenvalue weighted by Crippen LogP contribution is 2.33. The van der Waals surface area contributed by atoms with Crippen molar-refractivity contribution in [2.24, 2.45) is 0 Å². The smallest absolute Gasteiger partial charge is 0.390 e. The average Bonchev–Trinajstić information content (AvgIpc) is 3.43. The van der Waals surface area contributed by atoms with E-state index in [0.29, 0.717) is 0 Å². The van der Waals surface area contributed by atoms with E-state index in [1.807, 2.05) is 54.6 Å². The summed E-state index contributed by atoms with van der Waals surface area (Å²) >= 11 is 0. The molecule has 342 valence electrons. The Kier molecular flexibility index (Phi) is 13.4. The first kappa shape index (κ1) is 46.8. The van der Waals surface area contributed by atoms with Gasteiger partial charge in [0.15, 0.2) is 0 Å². The van der Waals surface area contributed by atoms with Gasteiger partial charge in [-0.2, -0.15) is 0 Å². The van der Waals surface area contributed by atoms with E-state index < -0.39 is 51.4 Å². The summed E-state index contributed by atoms with van der Waals surface area (Å²) in [6.07, 6.45) is 0. The van der Waals surface area contributed by atoms with E-state index >= 15 is 0 Å². The zero-order valence-corrected chi connectivity index (χ0v) is 44.9. The summed E-state index contributed by atoms with van der Waals surface area (Å²) in [7, 11) is -18.3. The van der Waals surface area contributed by atoms with Crippen molar-refractivity contribution < 1.29 is 24.7 Å². The van der Waals surface area contributed by atoms with Crippen LogP contribution in [-0.4, -0.2) is 51.4 Å². The molecule has 2 heterocycles. The minimum atomic E-state index is -3.44. The summed E-state index contributed by atoms with van der Waals surface area (Å²) in [6.45, 7) is 6.48. The molecule has 9 aromatic rings. The SMILES string of the molecule is C[Si]1(c2ccccc2)O[Si](C)(c2ccccc2)O[Si](C)(c2ccccc2)O1.c1ccc([Si]2(c3ccccc3)O[Si](c3ccccc3)(c3ccccc3)O[Si](c3ccccc3)(c3ccccc3)O2)cc1. The number of rotatable bonds is 9. The van der Waals surface area contributed by atoms with Gasteiger partial charge in [-0.1, -0.05) is 273 Å². The molecule has 9 aromatic carbocycles. The number of benzene rings is 9. The molecule has 0 N–H and O–H groups in total. The first-order valence-electron chi connectivity index (χ1n) is 23.4. The molecule has 0 aromatic heterocycles. The third kappa shape index (κ3) is 9.19. The molecule has 0 aliphatic carbocycles. The Balaban J connectivity index is 0.000000177. The molecule has 2 saturated heterocycles. The van der Waals surface area contributed by atoms with Crippen molar-refractivity contribution in [1.29, 1.82) is 0 Å². The first-order valence-corrected chi connectivity index (χ1v) is 35.8. The maximum absolute atomic E-state index is 7.77. The molecule has 11 rings (SSSR count). The standard InChI is InChI=1S/C36H30O3Si3.C21H24O3Si3/c1-7-19-31(20-8-1)40(32-21-9-2-10-22-32)37-41(33-23-11-3-12-24-33,34-25-13-4-14-26-34)39-42(38-40,35-27-15-5-16-28-35)36-29-17-6-18-30-36;1-25(19-13-7-4-8-14-19)22-26(2,20-15-9-5-10-16-20)24-27(3,23-25)21-17-11-6-12-18-21/h1-30H;4-18H,1-3H3. The largest absolute Gasteiger partial charge is 0.409 e. The van der Waals surface area contributed by atoms with E-state index in [4.69, 9.17) is 24.7 Å².